The van der Waals surface area contributed by atoms with Crippen molar-refractivity contribution in [2.75, 3.05) is 33.1 Å². The van der Waals surface area contributed by atoms with Crippen molar-refractivity contribution in [3.05, 3.63) is 47.9 Å². The lowest BCUT2D eigenvalue weighted by atomic mass is 10.0. The van der Waals surface area contributed by atoms with Crippen LogP contribution in [-0.2, 0) is 27.4 Å². The van der Waals surface area contributed by atoms with Crippen molar-refractivity contribution in [2.24, 2.45) is 5.92 Å². The molecule has 8 nitrogen and oxygen atoms in total. The minimum Gasteiger partial charge on any atom is -0.467 e. The molecule has 0 spiro atoms. The standard InChI is InChI=1S/C28H38N2O6/c1-2-33-15-6-14-29(27(31)13-11-22-7-3-4-8-22)20-28(32)30(19-24-9-5-16-34-24)18-23-10-12-25-26(17-23)36-21-35-25/h5,9-10,12,16-17,22H,2-4,6-8,11,13-15,18-21H2,1H3. The van der Waals surface area contributed by atoms with Crippen LogP contribution in [0.1, 0.15) is 63.2 Å². The maximum atomic E-state index is 13.6. The third kappa shape index (κ3) is 7.50. The molecule has 1 aromatic heterocycles. The van der Waals surface area contributed by atoms with Gasteiger partial charge < -0.3 is 28.4 Å². The first-order chi connectivity index (χ1) is 17.6. The average molecular weight is 499 g/mol. The molecule has 196 valence electrons. The van der Waals surface area contributed by atoms with E-state index in [9.17, 15) is 9.59 Å². The van der Waals surface area contributed by atoms with E-state index in [1.807, 2.05) is 37.3 Å². The van der Waals surface area contributed by atoms with E-state index < -0.39 is 0 Å². The van der Waals surface area contributed by atoms with Crippen molar-refractivity contribution < 1.29 is 28.2 Å². The molecule has 1 saturated carbocycles. The number of nitrogens with zero attached hydrogens (tertiary/aromatic N) is 2. The molecule has 1 aromatic carbocycles. The van der Waals surface area contributed by atoms with E-state index in [1.165, 1.54) is 25.7 Å². The third-order valence-corrected chi connectivity index (χ3v) is 6.93. The van der Waals surface area contributed by atoms with Crippen molar-refractivity contribution in [3.8, 4) is 11.5 Å². The molecule has 0 N–H and O–H groups in total. The van der Waals surface area contributed by atoms with Gasteiger partial charge in [0.15, 0.2) is 11.5 Å². The lowest BCUT2D eigenvalue weighted by Gasteiger charge is -2.28. The molecule has 0 unspecified atom stereocenters. The maximum Gasteiger partial charge on any atom is 0.242 e. The minimum atomic E-state index is -0.116. The van der Waals surface area contributed by atoms with Crippen LogP contribution in [0, 0.1) is 5.92 Å². The topological polar surface area (TPSA) is 81.5 Å². The molecule has 4 rings (SSSR count). The Morgan fingerprint density at radius 2 is 1.86 bits per heavy atom. The van der Waals surface area contributed by atoms with Crippen molar-refractivity contribution in [1.29, 1.82) is 0 Å². The first-order valence-electron chi connectivity index (χ1n) is 13.2. The molecule has 1 aliphatic heterocycles. The van der Waals surface area contributed by atoms with Crippen LogP contribution in [-0.4, -0.2) is 54.7 Å². The van der Waals surface area contributed by atoms with Gasteiger partial charge in [-0.25, -0.2) is 0 Å². The monoisotopic (exact) mass is 498 g/mol. The van der Waals surface area contributed by atoms with Crippen LogP contribution >= 0.6 is 0 Å². The van der Waals surface area contributed by atoms with E-state index in [4.69, 9.17) is 18.6 Å². The molecule has 1 aliphatic carbocycles. The molecule has 8 heteroatoms. The van der Waals surface area contributed by atoms with Crippen LogP contribution in [0.15, 0.2) is 41.0 Å². The van der Waals surface area contributed by atoms with Crippen molar-refractivity contribution >= 4 is 11.8 Å². The maximum absolute atomic E-state index is 13.6. The SMILES string of the molecule is CCOCCCN(CC(=O)N(Cc1ccc2c(c1)OCO2)Cc1ccco1)C(=O)CCC1CCCC1. The van der Waals surface area contributed by atoms with Crippen molar-refractivity contribution in [3.63, 3.8) is 0 Å². The summed E-state index contributed by atoms with van der Waals surface area (Å²) in [6.07, 6.45) is 8.65. The zero-order valence-electron chi connectivity index (χ0n) is 21.3. The van der Waals surface area contributed by atoms with Gasteiger partial charge in [0.25, 0.3) is 0 Å². The Morgan fingerprint density at radius 3 is 2.64 bits per heavy atom. The molecule has 0 atom stereocenters. The van der Waals surface area contributed by atoms with E-state index in [0.29, 0.717) is 68.9 Å². The summed E-state index contributed by atoms with van der Waals surface area (Å²) < 4.78 is 21.9. The van der Waals surface area contributed by atoms with Crippen LogP contribution in [0.2, 0.25) is 0 Å². The molecule has 2 aliphatic rings. The number of rotatable bonds is 14. The summed E-state index contributed by atoms with van der Waals surface area (Å²) in [6.45, 7) is 4.62. The molecular formula is C28H38N2O6. The summed E-state index contributed by atoms with van der Waals surface area (Å²) in [5.41, 5.74) is 0.926. The molecule has 2 heterocycles. The summed E-state index contributed by atoms with van der Waals surface area (Å²) in [5.74, 6) is 2.65. The van der Waals surface area contributed by atoms with Gasteiger partial charge in [-0.05, 0) is 55.5 Å². The van der Waals surface area contributed by atoms with Gasteiger partial charge in [0.05, 0.1) is 19.4 Å². The van der Waals surface area contributed by atoms with Gasteiger partial charge in [-0.15, -0.1) is 0 Å². The Morgan fingerprint density at radius 1 is 1.03 bits per heavy atom. The highest BCUT2D eigenvalue weighted by molar-refractivity contribution is 5.84. The number of hydrogen-bond acceptors (Lipinski definition) is 6. The Kier molecular flexibility index (Phi) is 9.67. The number of benzene rings is 1. The van der Waals surface area contributed by atoms with Crippen LogP contribution in [0.5, 0.6) is 11.5 Å². The highest BCUT2D eigenvalue weighted by atomic mass is 16.7. The number of hydrogen-bond donors (Lipinski definition) is 0. The lowest BCUT2D eigenvalue weighted by Crippen LogP contribution is -2.43. The number of carbonyl (C=O) groups excluding carboxylic acids is 2. The molecule has 0 bridgehead atoms. The summed E-state index contributed by atoms with van der Waals surface area (Å²) >= 11 is 0. The summed E-state index contributed by atoms with van der Waals surface area (Å²) in [7, 11) is 0. The van der Waals surface area contributed by atoms with E-state index in [2.05, 4.69) is 0 Å². The largest absolute Gasteiger partial charge is 0.467 e. The molecule has 2 amide bonds. The van der Waals surface area contributed by atoms with E-state index in [-0.39, 0.29) is 25.2 Å². The molecule has 0 saturated heterocycles. The number of fused-ring (bicyclic) bond motifs is 1. The first kappa shape index (κ1) is 26.1. The lowest BCUT2D eigenvalue weighted by molar-refractivity contribution is -0.141. The Hall–Kier alpha value is -3.00. The third-order valence-electron chi connectivity index (χ3n) is 6.93. The molecule has 2 aromatic rings. The summed E-state index contributed by atoms with van der Waals surface area (Å²) in [4.78, 5) is 30.2. The van der Waals surface area contributed by atoms with Gasteiger partial charge in [-0.3, -0.25) is 9.59 Å². The second-order valence-electron chi connectivity index (χ2n) is 9.57. The molecular weight excluding hydrogens is 460 g/mol. The Bertz CT molecular complexity index is 970. The normalized spacial score (nSPS) is 14.8. The van der Waals surface area contributed by atoms with E-state index >= 15 is 0 Å². The van der Waals surface area contributed by atoms with Gasteiger partial charge in [0, 0.05) is 32.7 Å². The van der Waals surface area contributed by atoms with Gasteiger partial charge >= 0.3 is 0 Å². The summed E-state index contributed by atoms with van der Waals surface area (Å²) in [5, 5.41) is 0. The van der Waals surface area contributed by atoms with Gasteiger partial charge in [0.2, 0.25) is 18.6 Å². The Balaban J connectivity index is 1.43. The van der Waals surface area contributed by atoms with Crippen LogP contribution < -0.4 is 9.47 Å². The second-order valence-corrected chi connectivity index (χ2v) is 9.57. The van der Waals surface area contributed by atoms with Crippen LogP contribution in [0.25, 0.3) is 0 Å². The van der Waals surface area contributed by atoms with Crippen LogP contribution in [0.3, 0.4) is 0 Å². The van der Waals surface area contributed by atoms with Crippen molar-refractivity contribution in [1.82, 2.24) is 9.80 Å². The zero-order chi connectivity index (χ0) is 25.2. The van der Waals surface area contributed by atoms with Gasteiger partial charge in [-0.1, -0.05) is 31.7 Å². The minimum absolute atomic E-state index is 0.0425. The quantitative estimate of drug-likeness (QED) is 0.349. The zero-order valence-corrected chi connectivity index (χ0v) is 21.3. The predicted molar refractivity (Wildman–Crippen MR) is 134 cm³/mol. The Labute approximate surface area is 213 Å². The van der Waals surface area contributed by atoms with Crippen LogP contribution in [0.4, 0.5) is 0 Å². The fourth-order valence-corrected chi connectivity index (χ4v) is 4.92. The smallest absolute Gasteiger partial charge is 0.242 e. The van der Waals surface area contributed by atoms with Gasteiger partial charge in [0.1, 0.15) is 5.76 Å². The van der Waals surface area contributed by atoms with Crippen molar-refractivity contribution in [2.45, 2.75) is 65.0 Å². The molecule has 36 heavy (non-hydrogen) atoms. The number of ether oxygens (including phenoxy) is 3. The average Bonchev–Trinajstić information content (AvgIpc) is 3.66. The van der Waals surface area contributed by atoms with E-state index in [1.54, 1.807) is 16.1 Å². The fourth-order valence-electron chi connectivity index (χ4n) is 4.92. The number of amides is 2. The highest BCUT2D eigenvalue weighted by Gasteiger charge is 2.24. The second kappa shape index (κ2) is 13.3. The number of carbonyl (C=O) groups is 2. The first-order valence-corrected chi connectivity index (χ1v) is 13.2. The predicted octanol–water partition coefficient (Wildman–Crippen LogP) is 4.76. The fraction of sp³-hybridized carbons (Fsp3) is 0.571. The molecule has 1 fully saturated rings. The molecule has 0 radical (unpaired) electrons. The van der Waals surface area contributed by atoms with E-state index in [0.717, 1.165) is 12.0 Å². The summed E-state index contributed by atoms with van der Waals surface area (Å²) in [6, 6.07) is 9.36. The van der Waals surface area contributed by atoms with Gasteiger partial charge in [-0.2, -0.15) is 0 Å². The number of furan rings is 1. The highest BCUT2D eigenvalue weighted by Crippen LogP contribution is 2.33.